The monoisotopic (exact) mass is 183 g/mol. The van der Waals surface area contributed by atoms with E-state index in [2.05, 4.69) is 9.72 Å². The number of aliphatic hydroxyl groups is 2. The third-order valence-electron chi connectivity index (χ3n) is 2.08. The van der Waals surface area contributed by atoms with Gasteiger partial charge in [0.15, 0.2) is 12.6 Å². The van der Waals surface area contributed by atoms with E-state index in [-0.39, 0.29) is 11.3 Å². The molecule has 0 aromatic carbocycles. The number of aliphatic hydroxyl groups excluding tert-OH is 2. The number of hydrogen-bond acceptors (Lipinski definition) is 5. The summed E-state index contributed by atoms with van der Waals surface area (Å²) in [4.78, 5) is 3.83. The molecule has 1 aromatic heterocycles. The van der Waals surface area contributed by atoms with Gasteiger partial charge >= 0.3 is 0 Å². The third-order valence-corrected chi connectivity index (χ3v) is 2.08. The highest BCUT2D eigenvalue weighted by Gasteiger charge is 2.32. The number of nitrogens with zero attached hydrogens (tertiary/aromatic N) is 1. The Morgan fingerprint density at radius 1 is 1.38 bits per heavy atom. The Hall–Kier alpha value is -1.17. The minimum Gasteiger partial charge on any atom is -0.506 e. The molecule has 0 saturated carbocycles. The van der Waals surface area contributed by atoms with Gasteiger partial charge in [0.05, 0.1) is 11.3 Å². The SMILES string of the molecule is Cc1ncc2c(c1O)C(O)O[C@@H]2O. The second kappa shape index (κ2) is 2.66. The summed E-state index contributed by atoms with van der Waals surface area (Å²) in [6.07, 6.45) is -1.10. The first-order valence-electron chi connectivity index (χ1n) is 3.81. The van der Waals surface area contributed by atoms with E-state index in [0.29, 0.717) is 11.3 Å². The minimum atomic E-state index is -1.27. The van der Waals surface area contributed by atoms with Gasteiger partial charge in [0.25, 0.3) is 0 Å². The van der Waals surface area contributed by atoms with E-state index >= 15 is 0 Å². The van der Waals surface area contributed by atoms with Crippen molar-refractivity contribution in [3.63, 3.8) is 0 Å². The van der Waals surface area contributed by atoms with Gasteiger partial charge in [0, 0.05) is 11.8 Å². The van der Waals surface area contributed by atoms with Gasteiger partial charge in [-0.05, 0) is 6.92 Å². The lowest BCUT2D eigenvalue weighted by atomic mass is 10.1. The van der Waals surface area contributed by atoms with Gasteiger partial charge in [-0.3, -0.25) is 4.98 Å². The van der Waals surface area contributed by atoms with E-state index < -0.39 is 12.6 Å². The molecule has 0 amide bonds. The first-order valence-corrected chi connectivity index (χ1v) is 3.81. The molecular weight excluding hydrogens is 174 g/mol. The molecule has 1 aliphatic heterocycles. The van der Waals surface area contributed by atoms with Gasteiger partial charge in [-0.2, -0.15) is 0 Å². The third kappa shape index (κ3) is 1.09. The number of aromatic nitrogens is 1. The number of hydrogen-bond donors (Lipinski definition) is 3. The Morgan fingerprint density at radius 3 is 2.77 bits per heavy atom. The van der Waals surface area contributed by atoms with Crippen molar-refractivity contribution < 1.29 is 20.1 Å². The van der Waals surface area contributed by atoms with Crippen LogP contribution >= 0.6 is 0 Å². The van der Waals surface area contributed by atoms with Crippen molar-refractivity contribution in [3.05, 3.63) is 23.0 Å². The maximum Gasteiger partial charge on any atom is 0.188 e. The van der Waals surface area contributed by atoms with Crippen LogP contribution in [0.15, 0.2) is 6.20 Å². The van der Waals surface area contributed by atoms with E-state index in [1.54, 1.807) is 6.92 Å². The summed E-state index contributed by atoms with van der Waals surface area (Å²) >= 11 is 0. The zero-order chi connectivity index (χ0) is 9.59. The maximum atomic E-state index is 9.49. The van der Waals surface area contributed by atoms with Crippen LogP contribution in [0.2, 0.25) is 0 Å². The molecule has 5 heteroatoms. The second-order valence-electron chi connectivity index (χ2n) is 2.90. The van der Waals surface area contributed by atoms with Crippen LogP contribution in [-0.2, 0) is 4.74 Å². The van der Waals surface area contributed by atoms with Crippen LogP contribution in [0.25, 0.3) is 0 Å². The molecule has 13 heavy (non-hydrogen) atoms. The van der Waals surface area contributed by atoms with E-state index in [1.165, 1.54) is 6.20 Å². The predicted octanol–water partition coefficient (Wildman–Crippen LogP) is 0.108. The molecule has 0 fully saturated rings. The molecular formula is C8H9NO4. The number of aromatic hydroxyl groups is 1. The van der Waals surface area contributed by atoms with Gasteiger partial charge in [-0.15, -0.1) is 0 Å². The highest BCUT2D eigenvalue weighted by atomic mass is 16.7. The van der Waals surface area contributed by atoms with Gasteiger partial charge in [0.2, 0.25) is 0 Å². The molecule has 1 aromatic rings. The summed E-state index contributed by atoms with van der Waals surface area (Å²) in [5.74, 6) is -0.124. The van der Waals surface area contributed by atoms with Crippen molar-refractivity contribution in [2.75, 3.05) is 0 Å². The fraction of sp³-hybridized carbons (Fsp3) is 0.375. The standard InChI is InChI=1S/C8H9NO4/c1-3-6(10)5-4(2-9-3)7(11)13-8(5)12/h2,7-8,10-12H,1H3/t7-,8?/m0/s1. The quantitative estimate of drug-likeness (QED) is 0.531. The average molecular weight is 183 g/mol. The van der Waals surface area contributed by atoms with Crippen LogP contribution in [0, 0.1) is 6.92 Å². The largest absolute Gasteiger partial charge is 0.506 e. The molecule has 0 bridgehead atoms. The first-order chi connectivity index (χ1) is 6.11. The number of rotatable bonds is 0. The van der Waals surface area contributed by atoms with Crippen molar-refractivity contribution in [2.24, 2.45) is 0 Å². The van der Waals surface area contributed by atoms with E-state index in [0.717, 1.165) is 0 Å². The molecule has 1 unspecified atom stereocenters. The Kier molecular flexibility index (Phi) is 1.73. The lowest BCUT2D eigenvalue weighted by Gasteiger charge is -2.05. The molecule has 70 valence electrons. The fourth-order valence-electron chi connectivity index (χ4n) is 1.35. The average Bonchev–Trinajstić information content (AvgIpc) is 2.35. The van der Waals surface area contributed by atoms with E-state index in [1.807, 2.05) is 0 Å². The van der Waals surface area contributed by atoms with Gasteiger partial charge in [-0.25, -0.2) is 0 Å². The van der Waals surface area contributed by atoms with Crippen molar-refractivity contribution in [1.29, 1.82) is 0 Å². The summed E-state index contributed by atoms with van der Waals surface area (Å²) in [7, 11) is 0. The van der Waals surface area contributed by atoms with Gasteiger partial charge < -0.3 is 20.1 Å². The summed E-state index contributed by atoms with van der Waals surface area (Å²) in [5.41, 5.74) is 0.922. The van der Waals surface area contributed by atoms with Crippen LogP contribution in [0.5, 0.6) is 5.75 Å². The second-order valence-corrected chi connectivity index (χ2v) is 2.90. The van der Waals surface area contributed by atoms with Crippen LogP contribution in [0.3, 0.4) is 0 Å². The Bertz CT molecular complexity index is 352. The predicted molar refractivity (Wildman–Crippen MR) is 41.6 cm³/mol. The van der Waals surface area contributed by atoms with Crippen LogP contribution in [-0.4, -0.2) is 20.3 Å². The minimum absolute atomic E-state index is 0.124. The topological polar surface area (TPSA) is 82.8 Å². The van der Waals surface area contributed by atoms with Gasteiger partial charge in [0.1, 0.15) is 5.75 Å². The summed E-state index contributed by atoms with van der Waals surface area (Å²) in [5, 5.41) is 28.0. The molecule has 2 heterocycles. The number of aryl methyl sites for hydroxylation is 1. The van der Waals surface area contributed by atoms with Crippen LogP contribution in [0.4, 0.5) is 0 Å². The van der Waals surface area contributed by atoms with Crippen molar-refractivity contribution in [2.45, 2.75) is 19.5 Å². The zero-order valence-corrected chi connectivity index (χ0v) is 6.93. The molecule has 0 aliphatic carbocycles. The lowest BCUT2D eigenvalue weighted by molar-refractivity contribution is -0.193. The number of pyridine rings is 1. The molecule has 0 saturated heterocycles. The Balaban J connectivity index is 2.64. The molecule has 0 spiro atoms. The lowest BCUT2D eigenvalue weighted by Crippen LogP contribution is -1.95. The van der Waals surface area contributed by atoms with Crippen LogP contribution < -0.4 is 0 Å². The van der Waals surface area contributed by atoms with Crippen molar-refractivity contribution in [1.82, 2.24) is 4.98 Å². The highest BCUT2D eigenvalue weighted by molar-refractivity contribution is 5.43. The van der Waals surface area contributed by atoms with Crippen molar-refractivity contribution in [3.8, 4) is 5.75 Å². The number of ether oxygens (including phenoxy) is 1. The molecule has 2 atom stereocenters. The fourth-order valence-corrected chi connectivity index (χ4v) is 1.35. The smallest absolute Gasteiger partial charge is 0.188 e. The maximum absolute atomic E-state index is 9.49. The van der Waals surface area contributed by atoms with Crippen LogP contribution in [0.1, 0.15) is 29.4 Å². The van der Waals surface area contributed by atoms with Gasteiger partial charge in [-0.1, -0.05) is 0 Å². The Labute approximate surface area is 74.2 Å². The molecule has 0 radical (unpaired) electrons. The van der Waals surface area contributed by atoms with E-state index in [4.69, 9.17) is 0 Å². The summed E-state index contributed by atoms with van der Waals surface area (Å²) in [6.45, 7) is 1.60. The summed E-state index contributed by atoms with van der Waals surface area (Å²) < 4.78 is 4.68. The Morgan fingerprint density at radius 2 is 2.08 bits per heavy atom. The molecule has 1 aliphatic rings. The first kappa shape index (κ1) is 8.43. The van der Waals surface area contributed by atoms with E-state index in [9.17, 15) is 15.3 Å². The molecule has 5 nitrogen and oxygen atoms in total. The highest BCUT2D eigenvalue weighted by Crippen LogP contribution is 2.41. The summed E-state index contributed by atoms with van der Waals surface area (Å²) in [6, 6.07) is 0. The van der Waals surface area contributed by atoms with Crippen molar-refractivity contribution >= 4 is 0 Å². The molecule has 3 N–H and O–H groups in total. The molecule has 2 rings (SSSR count). The normalized spacial score (nSPS) is 26.1. The number of fused-ring (bicyclic) bond motifs is 1. The zero-order valence-electron chi connectivity index (χ0n) is 6.93.